The van der Waals surface area contributed by atoms with Crippen molar-refractivity contribution in [3.8, 4) is 0 Å². The van der Waals surface area contributed by atoms with Gasteiger partial charge in [-0.25, -0.2) is 0 Å². The van der Waals surface area contributed by atoms with Gasteiger partial charge in [-0.2, -0.15) is 8.42 Å². The van der Waals surface area contributed by atoms with Crippen LogP contribution in [0.2, 0.25) is 0 Å². The maximum Gasteiger partial charge on any atom is 0.365 e. The Labute approximate surface area is 101 Å². The molecule has 2 rings (SSSR count). The van der Waals surface area contributed by atoms with E-state index in [-0.39, 0.29) is 0 Å². The molecule has 1 aromatic heterocycles. The zero-order valence-corrected chi connectivity index (χ0v) is 9.52. The van der Waals surface area contributed by atoms with Gasteiger partial charge in [0.05, 0.1) is 17.3 Å². The van der Waals surface area contributed by atoms with Crippen LogP contribution in [0.15, 0.2) is 41.6 Å². The maximum atomic E-state index is 11.8. The van der Waals surface area contributed by atoms with Crippen LogP contribution in [-0.2, 0) is 10.1 Å². The van der Waals surface area contributed by atoms with Crippen molar-refractivity contribution >= 4 is 15.8 Å². The largest absolute Gasteiger partial charge is 0.365 e. The number of nitro benzene ring substituents is 1. The van der Waals surface area contributed by atoms with E-state index in [2.05, 4.69) is 14.6 Å². The van der Waals surface area contributed by atoms with Crippen LogP contribution in [0, 0.1) is 10.1 Å². The summed E-state index contributed by atoms with van der Waals surface area (Å²) >= 11 is 0. The number of nitrogens with zero attached hydrogens (tertiary/aromatic N) is 4. The van der Waals surface area contributed by atoms with Gasteiger partial charge in [-0.3, -0.25) is 14.4 Å². The molecule has 0 bridgehead atoms. The molecule has 1 heterocycles. The van der Waals surface area contributed by atoms with E-state index in [4.69, 9.17) is 0 Å². The maximum absolute atomic E-state index is 11.8. The molecule has 1 aromatic carbocycles. The smallest absolute Gasteiger partial charge is 0.264 e. The van der Waals surface area contributed by atoms with Crippen molar-refractivity contribution in [1.82, 2.24) is 15.2 Å². The Hall–Kier alpha value is -2.49. The molecule has 0 spiro atoms. The molecule has 0 amide bonds. The molecule has 0 aliphatic heterocycles. The van der Waals surface area contributed by atoms with Gasteiger partial charge in [0.1, 0.15) is 0 Å². The molecule has 0 saturated heterocycles. The summed E-state index contributed by atoms with van der Waals surface area (Å²) in [6, 6.07) is 4.85. The molecule has 94 valence electrons. The van der Waals surface area contributed by atoms with Crippen molar-refractivity contribution in [3.63, 3.8) is 0 Å². The molecule has 0 saturated carbocycles. The first-order chi connectivity index (χ1) is 8.50. The lowest BCUT2D eigenvalue weighted by Gasteiger charge is -2.04. The first-order valence-corrected chi connectivity index (χ1v) is 5.96. The van der Waals surface area contributed by atoms with Crippen LogP contribution in [-0.4, -0.2) is 28.5 Å². The predicted molar refractivity (Wildman–Crippen MR) is 56.9 cm³/mol. The molecule has 10 heteroatoms. The zero-order valence-electron chi connectivity index (χ0n) is 8.70. The summed E-state index contributed by atoms with van der Waals surface area (Å²) in [4.78, 5) is 9.95. The monoisotopic (exact) mass is 270 g/mol. The quantitative estimate of drug-likeness (QED) is 0.567. The lowest BCUT2D eigenvalue weighted by atomic mass is 10.3. The average molecular weight is 270 g/mol. The van der Waals surface area contributed by atoms with Gasteiger partial charge in [-0.1, -0.05) is 17.0 Å². The van der Waals surface area contributed by atoms with Crippen molar-refractivity contribution in [3.05, 3.63) is 46.8 Å². The zero-order chi connectivity index (χ0) is 13.2. The minimum atomic E-state index is -4.34. The second kappa shape index (κ2) is 4.41. The Bertz CT molecular complexity index is 667. The minimum Gasteiger partial charge on any atom is -0.264 e. The Kier molecular flexibility index (Phi) is 2.93. The summed E-state index contributed by atoms with van der Waals surface area (Å²) in [5, 5.41) is 17.4. The molecular weight excluding hydrogens is 264 g/mol. The molecular formula is C8H6N4O5S. The molecule has 0 atom stereocenters. The van der Waals surface area contributed by atoms with E-state index in [1.54, 1.807) is 0 Å². The van der Waals surface area contributed by atoms with E-state index in [9.17, 15) is 18.5 Å². The fourth-order valence-corrected chi connectivity index (χ4v) is 2.20. The van der Waals surface area contributed by atoms with E-state index in [0.717, 1.165) is 18.3 Å². The topological polar surface area (TPSA) is 117 Å². The second-order valence-corrected chi connectivity index (χ2v) is 4.56. The van der Waals surface area contributed by atoms with Gasteiger partial charge >= 0.3 is 10.1 Å². The molecule has 9 nitrogen and oxygen atoms in total. The van der Waals surface area contributed by atoms with Crippen LogP contribution >= 0.6 is 0 Å². The number of hydrogen-bond donors (Lipinski definition) is 0. The number of aromatic nitrogens is 3. The van der Waals surface area contributed by atoms with Crippen LogP contribution in [0.4, 0.5) is 5.69 Å². The molecule has 0 aliphatic carbocycles. The number of nitro groups is 1. The highest BCUT2D eigenvalue weighted by Crippen LogP contribution is 2.23. The highest BCUT2D eigenvalue weighted by Gasteiger charge is 2.27. The number of rotatable bonds is 4. The molecule has 0 radical (unpaired) electrons. The van der Waals surface area contributed by atoms with Gasteiger partial charge in [0.2, 0.25) is 0 Å². The van der Waals surface area contributed by atoms with Gasteiger partial charge in [0.15, 0.2) is 4.90 Å². The van der Waals surface area contributed by atoms with Gasteiger partial charge in [0.25, 0.3) is 5.69 Å². The number of para-hydroxylation sites is 1. The van der Waals surface area contributed by atoms with Crippen LogP contribution < -0.4 is 4.28 Å². The van der Waals surface area contributed by atoms with Crippen LogP contribution in [0.3, 0.4) is 0 Å². The Balaban J connectivity index is 2.45. The summed E-state index contributed by atoms with van der Waals surface area (Å²) in [6.45, 7) is 0. The van der Waals surface area contributed by atoms with Gasteiger partial charge in [-0.15, -0.1) is 5.10 Å². The molecule has 0 fully saturated rings. The third-order valence-corrected chi connectivity index (χ3v) is 3.14. The average Bonchev–Trinajstić information content (AvgIpc) is 2.81. The van der Waals surface area contributed by atoms with E-state index >= 15 is 0 Å². The lowest BCUT2D eigenvalue weighted by Crippen LogP contribution is -2.21. The van der Waals surface area contributed by atoms with Crippen LogP contribution in [0.25, 0.3) is 0 Å². The van der Waals surface area contributed by atoms with E-state index in [0.29, 0.717) is 4.85 Å². The third kappa shape index (κ3) is 2.27. The van der Waals surface area contributed by atoms with Gasteiger partial charge < -0.3 is 0 Å². The summed E-state index contributed by atoms with van der Waals surface area (Å²) in [6.07, 6.45) is 2.35. The SMILES string of the molecule is O=[N+]([O-])c1ccccc1S(=O)(=O)On1ccnn1. The van der Waals surface area contributed by atoms with E-state index in [1.807, 2.05) is 0 Å². The fourth-order valence-electron chi connectivity index (χ4n) is 1.20. The summed E-state index contributed by atoms with van der Waals surface area (Å²) in [5.74, 6) is 0. The standard InChI is InChI=1S/C8H6N4O5S/c13-12(14)7-3-1-2-4-8(7)18(15,16)17-11-6-5-9-10-11/h1-6H. The molecule has 0 N–H and O–H groups in total. The Morgan fingerprint density at radius 3 is 2.67 bits per heavy atom. The fraction of sp³-hybridized carbons (Fsp3) is 0. The normalized spacial score (nSPS) is 11.1. The molecule has 0 aliphatic rings. The van der Waals surface area contributed by atoms with Crippen molar-refractivity contribution in [2.24, 2.45) is 0 Å². The van der Waals surface area contributed by atoms with Gasteiger partial charge in [-0.05, 0) is 11.3 Å². The summed E-state index contributed by atoms with van der Waals surface area (Å²) < 4.78 is 28.1. The Morgan fingerprint density at radius 1 is 1.33 bits per heavy atom. The predicted octanol–water partition coefficient (Wildman–Crippen LogP) is 0.00380. The van der Waals surface area contributed by atoms with E-state index in [1.165, 1.54) is 18.3 Å². The summed E-state index contributed by atoms with van der Waals surface area (Å²) in [7, 11) is -4.34. The first-order valence-electron chi connectivity index (χ1n) is 4.55. The van der Waals surface area contributed by atoms with Crippen molar-refractivity contribution in [2.75, 3.05) is 0 Å². The molecule has 0 unspecified atom stereocenters. The highest BCUT2D eigenvalue weighted by atomic mass is 32.2. The summed E-state index contributed by atoms with van der Waals surface area (Å²) in [5.41, 5.74) is -0.572. The van der Waals surface area contributed by atoms with Crippen molar-refractivity contribution in [2.45, 2.75) is 4.90 Å². The molecule has 2 aromatic rings. The van der Waals surface area contributed by atoms with Gasteiger partial charge in [0, 0.05) is 6.07 Å². The lowest BCUT2D eigenvalue weighted by molar-refractivity contribution is -0.387. The number of benzene rings is 1. The first kappa shape index (κ1) is 12.0. The van der Waals surface area contributed by atoms with Crippen molar-refractivity contribution < 1.29 is 17.6 Å². The second-order valence-electron chi connectivity index (χ2n) is 3.06. The van der Waals surface area contributed by atoms with E-state index < -0.39 is 25.6 Å². The van der Waals surface area contributed by atoms with Crippen LogP contribution in [0.1, 0.15) is 0 Å². The van der Waals surface area contributed by atoms with Crippen molar-refractivity contribution in [1.29, 1.82) is 0 Å². The highest BCUT2D eigenvalue weighted by molar-refractivity contribution is 7.87. The number of hydrogen-bond acceptors (Lipinski definition) is 7. The van der Waals surface area contributed by atoms with Crippen LogP contribution in [0.5, 0.6) is 0 Å². The Morgan fingerprint density at radius 2 is 2.06 bits per heavy atom. The molecule has 18 heavy (non-hydrogen) atoms. The third-order valence-electron chi connectivity index (χ3n) is 1.91. The minimum absolute atomic E-state index is 0.550.